The second kappa shape index (κ2) is 7.42. The Hall–Kier alpha value is -2.14. The lowest BCUT2D eigenvalue weighted by Crippen LogP contribution is -2.31. The number of aromatic nitrogens is 1. The summed E-state index contributed by atoms with van der Waals surface area (Å²) in [7, 11) is 0. The van der Waals surface area contributed by atoms with Crippen LogP contribution < -0.4 is 15.8 Å². The molecule has 0 spiro atoms. The predicted octanol–water partition coefficient (Wildman–Crippen LogP) is 2.25. The summed E-state index contributed by atoms with van der Waals surface area (Å²) in [5, 5.41) is 4.04. The van der Waals surface area contributed by atoms with Crippen LogP contribution in [0.5, 0.6) is 5.75 Å². The fraction of sp³-hybridized carbons (Fsp3) is 0.444. The minimum Gasteiger partial charge on any atom is -0.491 e. The van der Waals surface area contributed by atoms with Crippen LogP contribution in [0.1, 0.15) is 25.7 Å². The van der Waals surface area contributed by atoms with Gasteiger partial charge in [0.05, 0.1) is 6.61 Å². The molecule has 1 saturated carbocycles. The van der Waals surface area contributed by atoms with Crippen molar-refractivity contribution in [3.63, 3.8) is 0 Å². The summed E-state index contributed by atoms with van der Waals surface area (Å²) < 4.78 is 5.81. The number of fused-ring (bicyclic) bond motifs is 1. The lowest BCUT2D eigenvalue weighted by atomic mass is 10.1. The summed E-state index contributed by atoms with van der Waals surface area (Å²) in [5.74, 6) is 1.01. The van der Waals surface area contributed by atoms with Crippen LogP contribution in [0.2, 0.25) is 0 Å². The van der Waals surface area contributed by atoms with Crippen molar-refractivity contribution in [3.05, 3.63) is 36.5 Å². The fourth-order valence-electron chi connectivity index (χ4n) is 3.06. The maximum atomic E-state index is 12.0. The Labute approximate surface area is 136 Å². The van der Waals surface area contributed by atoms with E-state index in [1.165, 1.54) is 0 Å². The van der Waals surface area contributed by atoms with E-state index in [4.69, 9.17) is 10.5 Å². The number of benzene rings is 1. The number of carbonyl (C=O) groups is 1. The average Bonchev–Trinajstić information content (AvgIpc) is 3.01. The Bertz CT molecular complexity index is 669. The fourth-order valence-corrected chi connectivity index (χ4v) is 3.06. The van der Waals surface area contributed by atoms with Crippen molar-refractivity contribution in [1.82, 2.24) is 10.3 Å². The molecule has 3 N–H and O–H groups in total. The maximum Gasteiger partial charge on any atom is 0.223 e. The van der Waals surface area contributed by atoms with Gasteiger partial charge in [-0.25, -0.2) is 0 Å². The van der Waals surface area contributed by atoms with Gasteiger partial charge in [-0.05, 0) is 37.8 Å². The predicted molar refractivity (Wildman–Crippen MR) is 90.2 cm³/mol. The van der Waals surface area contributed by atoms with E-state index < -0.39 is 0 Å². The highest BCUT2D eigenvalue weighted by molar-refractivity contribution is 5.84. The van der Waals surface area contributed by atoms with Crippen molar-refractivity contribution in [1.29, 1.82) is 0 Å². The first-order chi connectivity index (χ1) is 11.2. The van der Waals surface area contributed by atoms with Gasteiger partial charge in [0.1, 0.15) is 11.3 Å². The van der Waals surface area contributed by atoms with Crippen LogP contribution in [-0.2, 0) is 4.79 Å². The molecule has 0 radical (unpaired) electrons. The zero-order valence-electron chi connectivity index (χ0n) is 13.2. The van der Waals surface area contributed by atoms with Gasteiger partial charge in [0.2, 0.25) is 5.91 Å². The van der Waals surface area contributed by atoms with Gasteiger partial charge in [-0.2, -0.15) is 0 Å². The van der Waals surface area contributed by atoms with E-state index in [0.29, 0.717) is 13.2 Å². The molecule has 5 heteroatoms. The molecule has 5 nitrogen and oxygen atoms in total. The lowest BCUT2D eigenvalue weighted by Gasteiger charge is -2.11. The smallest absolute Gasteiger partial charge is 0.223 e. The van der Waals surface area contributed by atoms with Crippen molar-refractivity contribution in [2.75, 3.05) is 13.2 Å². The molecule has 3 rings (SSSR count). The number of hydrogen-bond acceptors (Lipinski definition) is 4. The van der Waals surface area contributed by atoms with Crippen LogP contribution >= 0.6 is 0 Å². The Morgan fingerprint density at radius 1 is 1.30 bits per heavy atom. The zero-order chi connectivity index (χ0) is 16.1. The number of nitrogens with one attached hydrogen (secondary N) is 1. The molecule has 23 heavy (non-hydrogen) atoms. The lowest BCUT2D eigenvalue weighted by molar-refractivity contribution is -0.124. The molecule has 1 fully saturated rings. The monoisotopic (exact) mass is 313 g/mol. The third-order valence-electron chi connectivity index (χ3n) is 4.32. The molecule has 2 aromatic rings. The Morgan fingerprint density at radius 2 is 2.17 bits per heavy atom. The SMILES string of the molecule is NC1CCC(C(=O)NCCCOc2cccc3cccnc23)C1. The van der Waals surface area contributed by atoms with Crippen LogP contribution in [0.4, 0.5) is 0 Å². The van der Waals surface area contributed by atoms with Gasteiger partial charge in [-0.3, -0.25) is 9.78 Å². The molecule has 2 atom stereocenters. The number of carbonyl (C=O) groups excluding carboxylic acids is 1. The number of rotatable bonds is 6. The van der Waals surface area contributed by atoms with Gasteiger partial charge in [0.25, 0.3) is 0 Å². The minimum atomic E-state index is 0.0909. The molecule has 1 aromatic heterocycles. The highest BCUT2D eigenvalue weighted by Crippen LogP contribution is 2.24. The van der Waals surface area contributed by atoms with Crippen LogP contribution in [0.25, 0.3) is 10.9 Å². The van der Waals surface area contributed by atoms with Crippen molar-refractivity contribution in [2.24, 2.45) is 11.7 Å². The molecule has 0 bridgehead atoms. The maximum absolute atomic E-state index is 12.0. The molecular weight excluding hydrogens is 290 g/mol. The number of nitrogens with two attached hydrogens (primary N) is 1. The molecule has 2 unspecified atom stereocenters. The molecule has 0 saturated heterocycles. The molecule has 122 valence electrons. The van der Waals surface area contributed by atoms with Gasteiger partial charge >= 0.3 is 0 Å². The van der Waals surface area contributed by atoms with E-state index in [-0.39, 0.29) is 17.9 Å². The van der Waals surface area contributed by atoms with E-state index in [1.807, 2.05) is 30.3 Å². The molecule has 1 aliphatic carbocycles. The normalized spacial score (nSPS) is 20.6. The number of para-hydroxylation sites is 1. The van der Waals surface area contributed by atoms with Crippen molar-refractivity contribution >= 4 is 16.8 Å². The van der Waals surface area contributed by atoms with Crippen LogP contribution in [0.3, 0.4) is 0 Å². The number of hydrogen-bond donors (Lipinski definition) is 2. The van der Waals surface area contributed by atoms with Crippen LogP contribution in [-0.4, -0.2) is 30.1 Å². The van der Waals surface area contributed by atoms with Gasteiger partial charge in [0.15, 0.2) is 0 Å². The molecule has 1 aliphatic rings. The standard InChI is InChI=1S/C18H23N3O2/c19-15-8-7-14(12-15)18(22)21-10-3-11-23-16-6-1-4-13-5-2-9-20-17(13)16/h1-2,4-6,9,14-15H,3,7-8,10-12,19H2,(H,21,22). The highest BCUT2D eigenvalue weighted by atomic mass is 16.5. The van der Waals surface area contributed by atoms with Crippen molar-refractivity contribution in [2.45, 2.75) is 31.7 Å². The Morgan fingerprint density at radius 3 is 3.00 bits per heavy atom. The average molecular weight is 313 g/mol. The van der Waals surface area contributed by atoms with E-state index in [9.17, 15) is 4.79 Å². The van der Waals surface area contributed by atoms with Crippen molar-refractivity contribution in [3.8, 4) is 5.75 Å². The van der Waals surface area contributed by atoms with E-state index in [1.54, 1.807) is 6.20 Å². The first kappa shape index (κ1) is 15.7. The second-order valence-electron chi connectivity index (χ2n) is 6.09. The van der Waals surface area contributed by atoms with Crippen LogP contribution in [0, 0.1) is 5.92 Å². The summed E-state index contributed by atoms with van der Waals surface area (Å²) in [5.41, 5.74) is 6.72. The highest BCUT2D eigenvalue weighted by Gasteiger charge is 2.27. The quantitative estimate of drug-likeness (QED) is 0.802. The molecule has 1 amide bonds. The zero-order valence-corrected chi connectivity index (χ0v) is 13.2. The summed E-state index contributed by atoms with van der Waals surface area (Å²) in [6.07, 6.45) is 5.21. The van der Waals surface area contributed by atoms with Crippen molar-refractivity contribution < 1.29 is 9.53 Å². The first-order valence-corrected chi connectivity index (χ1v) is 8.24. The minimum absolute atomic E-state index is 0.0909. The van der Waals surface area contributed by atoms with Gasteiger partial charge in [-0.15, -0.1) is 0 Å². The largest absolute Gasteiger partial charge is 0.491 e. The third-order valence-corrected chi connectivity index (χ3v) is 4.32. The number of amides is 1. The molecule has 0 aliphatic heterocycles. The van der Waals surface area contributed by atoms with Gasteiger partial charge in [0, 0.05) is 30.1 Å². The topological polar surface area (TPSA) is 77.2 Å². The Balaban J connectivity index is 1.42. The molecule has 1 aromatic carbocycles. The summed E-state index contributed by atoms with van der Waals surface area (Å²) in [6.45, 7) is 1.18. The number of pyridine rings is 1. The third kappa shape index (κ3) is 3.99. The summed E-state index contributed by atoms with van der Waals surface area (Å²) in [4.78, 5) is 16.3. The summed E-state index contributed by atoms with van der Waals surface area (Å²) >= 11 is 0. The first-order valence-electron chi connectivity index (χ1n) is 8.24. The summed E-state index contributed by atoms with van der Waals surface area (Å²) in [6, 6.07) is 10.0. The Kier molecular flexibility index (Phi) is 5.08. The molecular formula is C18H23N3O2. The molecule has 1 heterocycles. The van der Waals surface area contributed by atoms with E-state index in [0.717, 1.165) is 42.3 Å². The van der Waals surface area contributed by atoms with E-state index in [2.05, 4.69) is 10.3 Å². The second-order valence-corrected chi connectivity index (χ2v) is 6.09. The number of nitrogens with zero attached hydrogens (tertiary/aromatic N) is 1. The number of ether oxygens (including phenoxy) is 1. The van der Waals surface area contributed by atoms with Crippen LogP contribution in [0.15, 0.2) is 36.5 Å². The van der Waals surface area contributed by atoms with E-state index >= 15 is 0 Å². The van der Waals surface area contributed by atoms with Gasteiger partial charge < -0.3 is 15.8 Å². The van der Waals surface area contributed by atoms with Gasteiger partial charge in [-0.1, -0.05) is 18.2 Å².